The van der Waals surface area contributed by atoms with Gasteiger partial charge < -0.3 is 15.1 Å². The molecule has 0 spiro atoms. The van der Waals surface area contributed by atoms with Crippen molar-refractivity contribution in [2.75, 3.05) is 33.2 Å². The van der Waals surface area contributed by atoms with Gasteiger partial charge >= 0.3 is 0 Å². The summed E-state index contributed by atoms with van der Waals surface area (Å²) in [5.74, 6) is 0.850. The molecule has 0 aliphatic heterocycles. The van der Waals surface area contributed by atoms with Crippen LogP contribution >= 0.6 is 35.3 Å². The summed E-state index contributed by atoms with van der Waals surface area (Å²) in [6, 6.07) is 0. The van der Waals surface area contributed by atoms with Crippen LogP contribution < -0.4 is 5.32 Å². The van der Waals surface area contributed by atoms with Crippen molar-refractivity contribution in [3.8, 4) is 0 Å². The third-order valence-electron chi connectivity index (χ3n) is 3.62. The van der Waals surface area contributed by atoms with Crippen LogP contribution in [0.2, 0.25) is 0 Å². The normalized spacial score (nSPS) is 11.0. The van der Waals surface area contributed by atoms with Crippen LogP contribution in [0.15, 0.2) is 4.99 Å². The number of aryl methyl sites for hydroxylation is 2. The highest BCUT2D eigenvalue weighted by atomic mass is 127. The molecule has 0 aliphatic rings. The van der Waals surface area contributed by atoms with Crippen molar-refractivity contribution in [3.63, 3.8) is 0 Å². The molecule has 0 aromatic carbocycles. The Labute approximate surface area is 166 Å². The summed E-state index contributed by atoms with van der Waals surface area (Å²) >= 11 is 1.67. The Morgan fingerprint density at radius 2 is 1.88 bits per heavy atom. The van der Waals surface area contributed by atoms with E-state index in [1.54, 1.807) is 11.3 Å². The quantitative estimate of drug-likeness (QED) is 0.381. The number of aromatic nitrogens is 1. The number of carbonyl (C=O) groups excluding carboxylic acids is 1. The molecule has 0 saturated heterocycles. The van der Waals surface area contributed by atoms with Gasteiger partial charge in [0.1, 0.15) is 5.01 Å². The van der Waals surface area contributed by atoms with Gasteiger partial charge in [0.25, 0.3) is 0 Å². The maximum atomic E-state index is 12.2. The van der Waals surface area contributed by atoms with E-state index in [0.29, 0.717) is 13.1 Å². The van der Waals surface area contributed by atoms with Crippen LogP contribution in [0.25, 0.3) is 0 Å². The van der Waals surface area contributed by atoms with Gasteiger partial charge in [-0.2, -0.15) is 0 Å². The first-order chi connectivity index (χ1) is 10.9. The largest absolute Gasteiger partial charge is 0.357 e. The molecule has 1 amide bonds. The van der Waals surface area contributed by atoms with E-state index in [0.717, 1.165) is 36.3 Å². The molecule has 0 bridgehead atoms. The average Bonchev–Trinajstić information content (AvgIpc) is 2.83. The minimum absolute atomic E-state index is 0. The van der Waals surface area contributed by atoms with Crippen LogP contribution in [-0.4, -0.2) is 59.9 Å². The van der Waals surface area contributed by atoms with Crippen molar-refractivity contribution in [3.05, 3.63) is 15.6 Å². The van der Waals surface area contributed by atoms with E-state index in [2.05, 4.69) is 22.2 Å². The first-order valence-electron chi connectivity index (χ1n) is 8.12. The fourth-order valence-electron chi connectivity index (χ4n) is 2.17. The smallest absolute Gasteiger partial charge is 0.242 e. The van der Waals surface area contributed by atoms with E-state index >= 15 is 0 Å². The van der Waals surface area contributed by atoms with Crippen LogP contribution in [-0.2, 0) is 11.3 Å². The maximum absolute atomic E-state index is 12.2. The molecule has 1 N–H and O–H groups in total. The summed E-state index contributed by atoms with van der Waals surface area (Å²) < 4.78 is 0. The number of nitrogens with zero attached hydrogens (tertiary/aromatic N) is 4. The SMILES string of the molecule is CCNC(=NCc1nc(C)c(C)s1)N(C)CC(=O)N(CC)CC.I. The molecule has 138 valence electrons. The van der Waals surface area contributed by atoms with E-state index in [4.69, 9.17) is 0 Å². The average molecular weight is 467 g/mol. The molecule has 1 aromatic heterocycles. The van der Waals surface area contributed by atoms with Gasteiger partial charge in [-0.05, 0) is 34.6 Å². The molecular formula is C16H30IN5OS. The molecule has 0 aliphatic carbocycles. The van der Waals surface area contributed by atoms with Crippen molar-refractivity contribution in [2.24, 2.45) is 4.99 Å². The highest BCUT2D eigenvalue weighted by molar-refractivity contribution is 14.0. The number of nitrogens with one attached hydrogen (secondary N) is 1. The van der Waals surface area contributed by atoms with Gasteiger partial charge in [0, 0.05) is 31.6 Å². The van der Waals surface area contributed by atoms with Crippen LogP contribution in [0.5, 0.6) is 0 Å². The minimum Gasteiger partial charge on any atom is -0.357 e. The lowest BCUT2D eigenvalue weighted by molar-refractivity contribution is -0.131. The Balaban J connectivity index is 0.00000529. The highest BCUT2D eigenvalue weighted by Crippen LogP contribution is 2.17. The van der Waals surface area contributed by atoms with Crippen LogP contribution in [0.4, 0.5) is 0 Å². The van der Waals surface area contributed by atoms with Crippen LogP contribution in [0, 0.1) is 13.8 Å². The first-order valence-corrected chi connectivity index (χ1v) is 8.94. The van der Waals surface area contributed by atoms with E-state index in [-0.39, 0.29) is 29.9 Å². The molecular weight excluding hydrogens is 437 g/mol. The second kappa shape index (κ2) is 11.6. The number of hydrogen-bond acceptors (Lipinski definition) is 4. The summed E-state index contributed by atoms with van der Waals surface area (Å²) in [4.78, 5) is 26.3. The zero-order valence-corrected chi connectivity index (χ0v) is 18.7. The van der Waals surface area contributed by atoms with E-state index < -0.39 is 0 Å². The fourth-order valence-corrected chi connectivity index (χ4v) is 3.03. The van der Waals surface area contributed by atoms with Gasteiger partial charge in [0.2, 0.25) is 5.91 Å². The lowest BCUT2D eigenvalue weighted by Gasteiger charge is -2.25. The topological polar surface area (TPSA) is 60.8 Å². The number of hydrogen-bond donors (Lipinski definition) is 1. The van der Waals surface area contributed by atoms with Gasteiger partial charge in [-0.1, -0.05) is 0 Å². The number of rotatable bonds is 7. The Hall–Kier alpha value is -0.900. The lowest BCUT2D eigenvalue weighted by atomic mass is 10.4. The van der Waals surface area contributed by atoms with Gasteiger partial charge in [0.15, 0.2) is 5.96 Å². The number of halogens is 1. The molecule has 1 heterocycles. The summed E-state index contributed by atoms with van der Waals surface area (Å²) in [5, 5.41) is 4.24. The zero-order chi connectivity index (χ0) is 17.4. The Bertz CT molecular complexity index is 523. The minimum atomic E-state index is 0. The van der Waals surface area contributed by atoms with Crippen molar-refractivity contribution in [2.45, 2.75) is 41.2 Å². The van der Waals surface area contributed by atoms with Crippen LogP contribution in [0.1, 0.15) is 36.3 Å². The number of amides is 1. The number of aliphatic imine (C=N–C) groups is 1. The predicted octanol–water partition coefficient (Wildman–Crippen LogP) is 2.64. The van der Waals surface area contributed by atoms with Gasteiger partial charge in [-0.25, -0.2) is 9.98 Å². The Morgan fingerprint density at radius 1 is 1.25 bits per heavy atom. The van der Waals surface area contributed by atoms with E-state index in [9.17, 15) is 4.79 Å². The highest BCUT2D eigenvalue weighted by Gasteiger charge is 2.15. The monoisotopic (exact) mass is 467 g/mol. The third kappa shape index (κ3) is 6.92. The van der Waals surface area contributed by atoms with Gasteiger partial charge in [0.05, 0.1) is 18.8 Å². The molecule has 0 unspecified atom stereocenters. The predicted molar refractivity (Wildman–Crippen MR) is 112 cm³/mol. The molecule has 1 rings (SSSR count). The summed E-state index contributed by atoms with van der Waals surface area (Å²) in [7, 11) is 1.89. The maximum Gasteiger partial charge on any atom is 0.242 e. The summed E-state index contributed by atoms with van der Waals surface area (Å²) in [5.41, 5.74) is 1.07. The molecule has 0 saturated carbocycles. The molecule has 0 radical (unpaired) electrons. The second-order valence-electron chi connectivity index (χ2n) is 5.34. The zero-order valence-electron chi connectivity index (χ0n) is 15.5. The Kier molecular flexibility index (Phi) is 11.2. The first kappa shape index (κ1) is 23.1. The summed E-state index contributed by atoms with van der Waals surface area (Å²) in [6.07, 6.45) is 0. The van der Waals surface area contributed by atoms with E-state index in [1.165, 1.54) is 4.88 Å². The van der Waals surface area contributed by atoms with Crippen LogP contribution in [0.3, 0.4) is 0 Å². The lowest BCUT2D eigenvalue weighted by Crippen LogP contribution is -2.45. The molecule has 0 atom stereocenters. The standard InChI is InChI=1S/C16H29N5OS.HI/c1-7-17-16(18-10-14-19-12(4)13(5)23-14)20(6)11-15(22)21(8-2)9-3;/h7-11H2,1-6H3,(H,17,18);1H. The molecule has 0 fully saturated rings. The molecule has 6 nitrogen and oxygen atoms in total. The number of guanidine groups is 1. The Morgan fingerprint density at radius 3 is 2.33 bits per heavy atom. The fraction of sp³-hybridized carbons (Fsp3) is 0.688. The number of thiazole rings is 1. The van der Waals surface area contributed by atoms with Gasteiger partial charge in [-0.3, -0.25) is 4.79 Å². The summed E-state index contributed by atoms with van der Waals surface area (Å²) in [6.45, 7) is 13.2. The van der Waals surface area contributed by atoms with Gasteiger partial charge in [-0.15, -0.1) is 35.3 Å². The second-order valence-corrected chi connectivity index (χ2v) is 6.63. The van der Waals surface area contributed by atoms with Crippen molar-refractivity contribution in [1.82, 2.24) is 20.1 Å². The van der Waals surface area contributed by atoms with Crippen molar-refractivity contribution in [1.29, 1.82) is 0 Å². The molecule has 24 heavy (non-hydrogen) atoms. The van der Waals surface area contributed by atoms with Crippen molar-refractivity contribution >= 4 is 47.2 Å². The molecule has 1 aromatic rings. The third-order valence-corrected chi connectivity index (χ3v) is 4.68. The number of likely N-dealkylation sites (N-methyl/N-ethyl adjacent to an activating group) is 2. The molecule has 8 heteroatoms. The van der Waals surface area contributed by atoms with Crippen molar-refractivity contribution < 1.29 is 4.79 Å². The number of carbonyl (C=O) groups is 1. The van der Waals surface area contributed by atoms with E-state index in [1.807, 2.05) is 44.5 Å².